The van der Waals surface area contributed by atoms with E-state index in [0.29, 0.717) is 23.7 Å². The predicted molar refractivity (Wildman–Crippen MR) is 74.4 cm³/mol. The molecule has 0 fully saturated rings. The number of methoxy groups -OCH3 is 1. The van der Waals surface area contributed by atoms with Crippen LogP contribution in [0, 0.1) is 6.92 Å². The van der Waals surface area contributed by atoms with Gasteiger partial charge in [-0.3, -0.25) is 9.59 Å². The van der Waals surface area contributed by atoms with Gasteiger partial charge in [0.2, 0.25) is 0 Å². The Labute approximate surface area is 118 Å². The number of nitrogens with zero attached hydrogens (tertiary/aromatic N) is 1. The molecule has 0 aliphatic heterocycles. The number of halogens is 1. The first-order chi connectivity index (χ1) is 9.01. The van der Waals surface area contributed by atoms with Gasteiger partial charge in [-0.15, -0.1) is 0 Å². The molecule has 1 amide bonds. The number of carbonyl (C=O) groups excluding carboxylic acids is 2. The van der Waals surface area contributed by atoms with Crippen molar-refractivity contribution >= 4 is 23.5 Å². The van der Waals surface area contributed by atoms with Crippen LogP contribution in [-0.2, 0) is 9.53 Å². The van der Waals surface area contributed by atoms with Gasteiger partial charge in [0.1, 0.15) is 0 Å². The van der Waals surface area contributed by atoms with Gasteiger partial charge < -0.3 is 9.64 Å². The highest BCUT2D eigenvalue weighted by molar-refractivity contribution is 6.31. The van der Waals surface area contributed by atoms with E-state index in [9.17, 15) is 9.59 Å². The Morgan fingerprint density at radius 2 is 2.05 bits per heavy atom. The average molecular weight is 284 g/mol. The molecule has 0 radical (unpaired) electrons. The fourth-order valence-electron chi connectivity index (χ4n) is 1.74. The molecule has 4 nitrogen and oxygen atoms in total. The molecule has 0 atom stereocenters. The Morgan fingerprint density at radius 3 is 2.63 bits per heavy atom. The molecule has 0 aliphatic rings. The predicted octanol–water partition coefficient (Wildman–Crippen LogP) is 2.67. The van der Waals surface area contributed by atoms with Crippen LogP contribution in [0.1, 0.15) is 29.3 Å². The van der Waals surface area contributed by atoms with Crippen molar-refractivity contribution < 1.29 is 14.3 Å². The molecule has 0 bridgehead atoms. The van der Waals surface area contributed by atoms with Gasteiger partial charge in [-0.25, -0.2) is 0 Å². The molecule has 1 aromatic rings. The first kappa shape index (κ1) is 15.5. The lowest BCUT2D eigenvalue weighted by Crippen LogP contribution is -2.33. The van der Waals surface area contributed by atoms with Crippen molar-refractivity contribution in [3.63, 3.8) is 0 Å². The van der Waals surface area contributed by atoms with Crippen molar-refractivity contribution in [2.75, 3.05) is 20.2 Å². The Hall–Kier alpha value is -1.55. The summed E-state index contributed by atoms with van der Waals surface area (Å²) in [6.45, 7) is 4.55. The molecular formula is C14H18ClNO3. The van der Waals surface area contributed by atoms with Gasteiger partial charge in [0.05, 0.1) is 13.5 Å². The zero-order valence-electron chi connectivity index (χ0n) is 11.4. The van der Waals surface area contributed by atoms with E-state index in [0.717, 1.165) is 5.56 Å². The number of hydrogen-bond donors (Lipinski definition) is 0. The summed E-state index contributed by atoms with van der Waals surface area (Å²) in [5.41, 5.74) is 1.32. The quantitative estimate of drug-likeness (QED) is 0.781. The van der Waals surface area contributed by atoms with Gasteiger partial charge in [-0.05, 0) is 31.5 Å². The molecule has 0 heterocycles. The lowest BCUT2D eigenvalue weighted by molar-refractivity contribution is -0.140. The van der Waals surface area contributed by atoms with Crippen LogP contribution in [0.4, 0.5) is 0 Å². The maximum Gasteiger partial charge on any atom is 0.307 e. The van der Waals surface area contributed by atoms with E-state index in [1.807, 2.05) is 13.8 Å². The molecule has 0 saturated carbocycles. The fraction of sp³-hybridized carbons (Fsp3) is 0.429. The summed E-state index contributed by atoms with van der Waals surface area (Å²) in [6, 6.07) is 5.24. The molecule has 1 aromatic carbocycles. The van der Waals surface area contributed by atoms with E-state index in [4.69, 9.17) is 11.6 Å². The Morgan fingerprint density at radius 1 is 1.37 bits per heavy atom. The zero-order chi connectivity index (χ0) is 14.4. The third kappa shape index (κ3) is 3.96. The number of esters is 1. The van der Waals surface area contributed by atoms with Crippen molar-refractivity contribution in [2.45, 2.75) is 20.3 Å². The molecule has 0 aromatic heterocycles. The molecule has 1 rings (SSSR count). The maximum absolute atomic E-state index is 12.4. The number of carbonyl (C=O) groups is 2. The molecule has 104 valence electrons. The minimum atomic E-state index is -0.325. The first-order valence-corrected chi connectivity index (χ1v) is 6.50. The lowest BCUT2D eigenvalue weighted by atomic mass is 10.1. The topological polar surface area (TPSA) is 46.6 Å². The second-order valence-electron chi connectivity index (χ2n) is 4.12. The van der Waals surface area contributed by atoms with Gasteiger partial charge in [0.15, 0.2) is 0 Å². The van der Waals surface area contributed by atoms with E-state index in [1.165, 1.54) is 7.11 Å². The SMILES string of the molecule is CCN(CCC(=O)OC)C(=O)c1cccc(Cl)c1C. The van der Waals surface area contributed by atoms with Crippen LogP contribution >= 0.6 is 11.6 Å². The van der Waals surface area contributed by atoms with E-state index in [2.05, 4.69) is 4.74 Å². The smallest absolute Gasteiger partial charge is 0.307 e. The summed E-state index contributed by atoms with van der Waals surface area (Å²) < 4.78 is 4.58. The van der Waals surface area contributed by atoms with Crippen molar-refractivity contribution in [3.8, 4) is 0 Å². The number of rotatable bonds is 5. The monoisotopic (exact) mass is 283 g/mol. The van der Waals surface area contributed by atoms with Crippen LogP contribution in [-0.4, -0.2) is 37.0 Å². The van der Waals surface area contributed by atoms with Crippen LogP contribution in [0.5, 0.6) is 0 Å². The molecule has 5 heteroatoms. The molecule has 0 spiro atoms. The highest BCUT2D eigenvalue weighted by Gasteiger charge is 2.18. The highest BCUT2D eigenvalue weighted by atomic mass is 35.5. The molecule has 19 heavy (non-hydrogen) atoms. The van der Waals surface area contributed by atoms with E-state index >= 15 is 0 Å². The molecule has 0 aliphatic carbocycles. The first-order valence-electron chi connectivity index (χ1n) is 6.12. The number of hydrogen-bond acceptors (Lipinski definition) is 3. The van der Waals surface area contributed by atoms with Crippen LogP contribution in [0.3, 0.4) is 0 Å². The number of benzene rings is 1. The average Bonchev–Trinajstić information content (AvgIpc) is 2.41. The van der Waals surface area contributed by atoms with Crippen molar-refractivity contribution in [3.05, 3.63) is 34.3 Å². The summed E-state index contributed by atoms with van der Waals surface area (Å²) in [4.78, 5) is 25.1. The molecule has 0 N–H and O–H groups in total. The van der Waals surface area contributed by atoms with Gasteiger partial charge >= 0.3 is 5.97 Å². The fourth-order valence-corrected chi connectivity index (χ4v) is 1.92. The van der Waals surface area contributed by atoms with E-state index in [-0.39, 0.29) is 18.3 Å². The van der Waals surface area contributed by atoms with E-state index < -0.39 is 0 Å². The summed E-state index contributed by atoms with van der Waals surface area (Å²) in [5, 5.41) is 0.565. The summed E-state index contributed by atoms with van der Waals surface area (Å²) in [5.74, 6) is -0.444. The van der Waals surface area contributed by atoms with Gasteiger partial charge in [-0.1, -0.05) is 17.7 Å². The number of ether oxygens (including phenoxy) is 1. The minimum absolute atomic E-state index is 0.119. The third-order valence-electron chi connectivity index (χ3n) is 2.98. The van der Waals surface area contributed by atoms with Crippen LogP contribution < -0.4 is 0 Å². The molecular weight excluding hydrogens is 266 g/mol. The Kier molecular flexibility index (Phi) is 5.83. The normalized spacial score (nSPS) is 10.1. The second-order valence-corrected chi connectivity index (χ2v) is 4.53. The second kappa shape index (κ2) is 7.14. The van der Waals surface area contributed by atoms with Gasteiger partial charge in [-0.2, -0.15) is 0 Å². The van der Waals surface area contributed by atoms with Crippen molar-refractivity contribution in [2.24, 2.45) is 0 Å². The zero-order valence-corrected chi connectivity index (χ0v) is 12.2. The van der Waals surface area contributed by atoms with Crippen molar-refractivity contribution in [1.82, 2.24) is 4.90 Å². The Balaban J connectivity index is 2.84. The van der Waals surface area contributed by atoms with Crippen LogP contribution in [0.25, 0.3) is 0 Å². The van der Waals surface area contributed by atoms with Crippen molar-refractivity contribution in [1.29, 1.82) is 0 Å². The standard InChI is InChI=1S/C14H18ClNO3/c1-4-16(9-8-13(17)19-3)14(18)11-6-5-7-12(15)10(11)2/h5-7H,4,8-9H2,1-3H3. The third-order valence-corrected chi connectivity index (χ3v) is 3.39. The largest absolute Gasteiger partial charge is 0.469 e. The van der Waals surface area contributed by atoms with Gasteiger partial charge in [0, 0.05) is 23.7 Å². The van der Waals surface area contributed by atoms with Gasteiger partial charge in [0.25, 0.3) is 5.91 Å². The minimum Gasteiger partial charge on any atom is -0.469 e. The van der Waals surface area contributed by atoms with Crippen LogP contribution in [0.15, 0.2) is 18.2 Å². The maximum atomic E-state index is 12.4. The lowest BCUT2D eigenvalue weighted by Gasteiger charge is -2.21. The summed E-state index contributed by atoms with van der Waals surface area (Å²) >= 11 is 6.01. The van der Waals surface area contributed by atoms with E-state index in [1.54, 1.807) is 23.1 Å². The number of amides is 1. The highest BCUT2D eigenvalue weighted by Crippen LogP contribution is 2.20. The Bertz CT molecular complexity index is 474. The molecule has 0 unspecified atom stereocenters. The summed E-state index contributed by atoms with van der Waals surface area (Å²) in [7, 11) is 1.33. The van der Waals surface area contributed by atoms with Crippen LogP contribution in [0.2, 0.25) is 5.02 Å². The molecule has 0 saturated heterocycles. The summed E-state index contributed by atoms with van der Waals surface area (Å²) in [6.07, 6.45) is 0.190.